The van der Waals surface area contributed by atoms with Gasteiger partial charge in [0.1, 0.15) is 0 Å². The Labute approximate surface area is 356 Å². The molecule has 59 heavy (non-hydrogen) atoms. The highest BCUT2D eigenvalue weighted by Gasteiger charge is 2.46. The first-order chi connectivity index (χ1) is 27.5. The lowest BCUT2D eigenvalue weighted by molar-refractivity contribution is 0.332. The Bertz CT molecular complexity index is 2690. The molecule has 0 spiro atoms. The minimum atomic E-state index is -0.00765. The van der Waals surface area contributed by atoms with Crippen LogP contribution in [0.25, 0.3) is 10.8 Å². The van der Waals surface area contributed by atoms with Crippen molar-refractivity contribution in [2.45, 2.75) is 144 Å². The smallest absolute Gasteiger partial charge is 0.252 e. The Kier molecular flexibility index (Phi) is 8.66. The van der Waals surface area contributed by atoms with Crippen LogP contribution in [0.1, 0.15) is 142 Å². The lowest BCUT2D eigenvalue weighted by Crippen LogP contribution is -2.61. The summed E-state index contributed by atoms with van der Waals surface area (Å²) in [6.45, 7) is 35.4. The van der Waals surface area contributed by atoms with Crippen LogP contribution in [0, 0.1) is 13.8 Å². The third-order valence-electron chi connectivity index (χ3n) is 14.3. The Hall–Kier alpha value is -4.76. The maximum absolute atomic E-state index is 2.64. The van der Waals surface area contributed by atoms with Gasteiger partial charge in [0.2, 0.25) is 0 Å². The van der Waals surface area contributed by atoms with E-state index in [2.05, 4.69) is 211 Å². The van der Waals surface area contributed by atoms with Gasteiger partial charge in [-0.1, -0.05) is 145 Å². The van der Waals surface area contributed by atoms with Gasteiger partial charge in [-0.25, -0.2) is 0 Å². The van der Waals surface area contributed by atoms with E-state index < -0.39 is 0 Å². The van der Waals surface area contributed by atoms with E-state index >= 15 is 0 Å². The molecule has 6 aromatic rings. The summed E-state index contributed by atoms with van der Waals surface area (Å²) in [5.74, 6) is 0. The highest BCUT2D eigenvalue weighted by atomic mass is 15.2. The number of benzene rings is 6. The fourth-order valence-corrected chi connectivity index (χ4v) is 10.5. The molecule has 0 aromatic heterocycles. The molecule has 302 valence electrons. The Morgan fingerprint density at radius 3 is 1.56 bits per heavy atom. The zero-order chi connectivity index (χ0) is 42.4. The summed E-state index contributed by atoms with van der Waals surface area (Å²) in [4.78, 5) is 5.21. The number of hydrogen-bond acceptors (Lipinski definition) is 2. The average molecular weight is 777 g/mol. The molecule has 2 heterocycles. The van der Waals surface area contributed by atoms with Gasteiger partial charge in [-0.2, -0.15) is 0 Å². The normalized spacial score (nSPS) is 16.8. The van der Waals surface area contributed by atoms with Crippen molar-refractivity contribution in [2.24, 2.45) is 0 Å². The van der Waals surface area contributed by atoms with Crippen LogP contribution in [0.5, 0.6) is 0 Å². The van der Waals surface area contributed by atoms with Crippen LogP contribution >= 0.6 is 0 Å². The van der Waals surface area contributed by atoms with Gasteiger partial charge in [-0.05, 0) is 162 Å². The molecule has 0 amide bonds. The molecule has 1 aliphatic carbocycles. The van der Waals surface area contributed by atoms with Crippen molar-refractivity contribution in [3.63, 3.8) is 0 Å². The molecule has 2 aliphatic heterocycles. The summed E-state index contributed by atoms with van der Waals surface area (Å²) >= 11 is 0. The van der Waals surface area contributed by atoms with E-state index in [9.17, 15) is 0 Å². The van der Waals surface area contributed by atoms with E-state index in [1.165, 1.54) is 113 Å². The zero-order valence-electron chi connectivity index (χ0n) is 38.6. The van der Waals surface area contributed by atoms with Crippen LogP contribution < -0.4 is 26.2 Å². The molecule has 2 nitrogen and oxygen atoms in total. The number of hydrogen-bond donors (Lipinski definition) is 0. The van der Waals surface area contributed by atoms with Crippen molar-refractivity contribution < 1.29 is 0 Å². The third-order valence-corrected chi connectivity index (χ3v) is 14.3. The fraction of sp³-hybridized carbons (Fsp3) is 0.393. The van der Waals surface area contributed by atoms with Crippen molar-refractivity contribution in [1.82, 2.24) is 0 Å². The van der Waals surface area contributed by atoms with Crippen molar-refractivity contribution in [2.75, 3.05) is 9.80 Å². The van der Waals surface area contributed by atoms with E-state index in [1.54, 1.807) is 0 Å². The molecule has 0 bridgehead atoms. The van der Waals surface area contributed by atoms with E-state index in [1.807, 2.05) is 0 Å². The molecule has 3 aliphatic rings. The summed E-state index contributed by atoms with van der Waals surface area (Å²) in [6.07, 6.45) is 2.39. The number of anilines is 6. The SMILES string of the molecule is Cc1cc2c3c(c1)N(c1ccc(C(C)(C)C)cc1C)c1ccc(C(C)(C)C)cc1B3c1c(ccc3cc4c(cc13)C(C)(C)CCC4(C)C)N2c1ccc(C(C)(C)C)cc1. The second-order valence-electron chi connectivity index (χ2n) is 22.8. The van der Waals surface area contributed by atoms with Gasteiger partial charge in [0, 0.05) is 34.1 Å². The minimum Gasteiger partial charge on any atom is -0.311 e. The van der Waals surface area contributed by atoms with Gasteiger partial charge in [0.25, 0.3) is 6.71 Å². The summed E-state index contributed by atoms with van der Waals surface area (Å²) in [6, 6.07) is 39.0. The van der Waals surface area contributed by atoms with E-state index in [0.29, 0.717) is 0 Å². The average Bonchev–Trinajstić information content (AvgIpc) is 3.15. The Morgan fingerprint density at radius 1 is 0.475 bits per heavy atom. The van der Waals surface area contributed by atoms with Crippen LogP contribution in [0.4, 0.5) is 34.1 Å². The molecule has 0 unspecified atom stereocenters. The van der Waals surface area contributed by atoms with Crippen molar-refractivity contribution >= 4 is 68.0 Å². The van der Waals surface area contributed by atoms with Gasteiger partial charge in [0.15, 0.2) is 0 Å². The van der Waals surface area contributed by atoms with Crippen LogP contribution in [-0.2, 0) is 27.1 Å². The Balaban J connectivity index is 1.42. The standard InChI is InChI=1S/C56H65BN2/c1-34-28-48-51-49(29-34)59(45-24-19-38(30-35(45)2)53(6,7)8)46-25-20-39(54(9,10)11)32-44(46)57(51)50-41-33-43-42(55(12,13)26-27-56(43,14)15)31-36(41)16-23-47(50)58(48)40-21-17-37(18-22-40)52(3,4)5/h16-25,28-33H,26-27H2,1-15H3. The predicted molar refractivity (Wildman–Crippen MR) is 259 cm³/mol. The van der Waals surface area contributed by atoms with Crippen LogP contribution in [0.2, 0.25) is 0 Å². The Morgan fingerprint density at radius 2 is 0.983 bits per heavy atom. The first-order valence-electron chi connectivity index (χ1n) is 22.2. The highest BCUT2D eigenvalue weighted by Crippen LogP contribution is 2.50. The molecular weight excluding hydrogens is 711 g/mol. The molecule has 0 saturated heterocycles. The minimum absolute atomic E-state index is 0.00765. The first-order valence-corrected chi connectivity index (χ1v) is 22.2. The zero-order valence-corrected chi connectivity index (χ0v) is 38.6. The highest BCUT2D eigenvalue weighted by molar-refractivity contribution is 7.01. The van der Waals surface area contributed by atoms with E-state index in [4.69, 9.17) is 0 Å². The molecule has 3 heteroatoms. The number of aryl methyl sites for hydroxylation is 2. The first kappa shape index (κ1) is 39.7. The number of fused-ring (bicyclic) bond motifs is 7. The largest absolute Gasteiger partial charge is 0.311 e. The lowest BCUT2D eigenvalue weighted by Gasteiger charge is -2.46. The van der Waals surface area contributed by atoms with Crippen molar-refractivity contribution in [3.05, 3.63) is 136 Å². The summed E-state index contributed by atoms with van der Waals surface area (Å²) in [5.41, 5.74) is 21.8. The topological polar surface area (TPSA) is 6.48 Å². The maximum Gasteiger partial charge on any atom is 0.252 e. The molecule has 0 atom stereocenters. The van der Waals surface area contributed by atoms with E-state index in [-0.39, 0.29) is 33.8 Å². The van der Waals surface area contributed by atoms with Crippen LogP contribution in [-0.4, -0.2) is 6.71 Å². The molecule has 0 radical (unpaired) electrons. The number of rotatable bonds is 2. The molecular formula is C56H65BN2. The monoisotopic (exact) mass is 777 g/mol. The second kappa shape index (κ2) is 12.9. The summed E-state index contributed by atoms with van der Waals surface area (Å²) in [5, 5.41) is 2.73. The molecule has 0 fully saturated rings. The quantitative estimate of drug-likeness (QED) is 0.161. The van der Waals surface area contributed by atoms with Gasteiger partial charge >= 0.3 is 0 Å². The van der Waals surface area contributed by atoms with Gasteiger partial charge in [-0.15, -0.1) is 0 Å². The molecule has 0 saturated carbocycles. The van der Waals surface area contributed by atoms with Crippen molar-refractivity contribution in [1.29, 1.82) is 0 Å². The number of nitrogens with zero attached hydrogens (tertiary/aromatic N) is 2. The van der Waals surface area contributed by atoms with Gasteiger partial charge < -0.3 is 9.80 Å². The summed E-state index contributed by atoms with van der Waals surface area (Å²) < 4.78 is 0. The lowest BCUT2D eigenvalue weighted by atomic mass is 9.32. The predicted octanol–water partition coefficient (Wildman–Crippen LogP) is 13.8. The van der Waals surface area contributed by atoms with Gasteiger partial charge in [-0.3, -0.25) is 0 Å². The molecule has 6 aromatic carbocycles. The van der Waals surface area contributed by atoms with Crippen LogP contribution in [0.3, 0.4) is 0 Å². The third kappa shape index (κ3) is 6.28. The summed E-state index contributed by atoms with van der Waals surface area (Å²) in [7, 11) is 0. The molecule has 9 rings (SSSR count). The maximum atomic E-state index is 2.64. The molecule has 0 N–H and O–H groups in total. The fourth-order valence-electron chi connectivity index (χ4n) is 10.5. The van der Waals surface area contributed by atoms with E-state index in [0.717, 1.165) is 0 Å². The second-order valence-corrected chi connectivity index (χ2v) is 22.8. The van der Waals surface area contributed by atoms with Crippen LogP contribution in [0.15, 0.2) is 97.1 Å². The van der Waals surface area contributed by atoms with Gasteiger partial charge in [0.05, 0.1) is 0 Å². The van der Waals surface area contributed by atoms with Crippen molar-refractivity contribution in [3.8, 4) is 0 Å².